The third-order valence-corrected chi connectivity index (χ3v) is 3.28. The zero-order valence-corrected chi connectivity index (χ0v) is 12.0. The van der Waals surface area contributed by atoms with Gasteiger partial charge in [-0.3, -0.25) is 9.36 Å². The molecule has 1 N–H and O–H groups in total. The van der Waals surface area contributed by atoms with Gasteiger partial charge >= 0.3 is 0 Å². The summed E-state index contributed by atoms with van der Waals surface area (Å²) in [6, 6.07) is 3.33. The molecule has 0 saturated heterocycles. The summed E-state index contributed by atoms with van der Waals surface area (Å²) >= 11 is 0. The zero-order chi connectivity index (χ0) is 15.4. The van der Waals surface area contributed by atoms with E-state index in [1.54, 1.807) is 25.6 Å². The molecule has 3 aromatic rings. The van der Waals surface area contributed by atoms with Crippen molar-refractivity contribution in [2.24, 2.45) is 0 Å². The molecule has 8 heteroatoms. The highest BCUT2D eigenvalue weighted by atomic mass is 16.2. The summed E-state index contributed by atoms with van der Waals surface area (Å²) in [6.45, 7) is 2.14. The first-order valence-corrected chi connectivity index (χ1v) is 6.80. The first-order valence-electron chi connectivity index (χ1n) is 6.80. The second-order valence-electron chi connectivity index (χ2n) is 4.73. The second kappa shape index (κ2) is 6.17. The molecule has 3 rings (SSSR count). The Balaban J connectivity index is 1.71. The minimum absolute atomic E-state index is 0.133. The lowest BCUT2D eigenvalue weighted by atomic mass is 10.2. The van der Waals surface area contributed by atoms with E-state index in [2.05, 4.69) is 25.4 Å². The van der Waals surface area contributed by atoms with Crippen LogP contribution in [0, 0.1) is 0 Å². The minimum atomic E-state index is -0.420. The number of pyridine rings is 1. The van der Waals surface area contributed by atoms with E-state index in [0.717, 1.165) is 11.4 Å². The Bertz CT molecular complexity index is 736. The predicted octanol–water partition coefficient (Wildman–Crippen LogP) is 0.736. The topological polar surface area (TPSA) is 90.5 Å². The van der Waals surface area contributed by atoms with Crippen LogP contribution in [-0.2, 0) is 11.3 Å². The Kier molecular flexibility index (Phi) is 3.90. The van der Waals surface area contributed by atoms with E-state index < -0.39 is 6.04 Å². The van der Waals surface area contributed by atoms with E-state index in [4.69, 9.17) is 0 Å². The monoisotopic (exact) mass is 297 g/mol. The molecular formula is C14H15N7O. The average Bonchev–Trinajstić information content (AvgIpc) is 3.25. The summed E-state index contributed by atoms with van der Waals surface area (Å²) in [5.41, 5.74) is 0.902. The molecule has 0 unspecified atom stereocenters. The second-order valence-corrected chi connectivity index (χ2v) is 4.73. The van der Waals surface area contributed by atoms with E-state index in [1.165, 1.54) is 17.3 Å². The predicted molar refractivity (Wildman–Crippen MR) is 77.9 cm³/mol. The maximum Gasteiger partial charge on any atom is 0.244 e. The third kappa shape index (κ3) is 2.85. The van der Waals surface area contributed by atoms with Crippen molar-refractivity contribution in [1.82, 2.24) is 34.6 Å². The van der Waals surface area contributed by atoms with Crippen LogP contribution in [0.3, 0.4) is 0 Å². The van der Waals surface area contributed by atoms with Crippen LogP contribution in [0.4, 0.5) is 0 Å². The number of aromatic nitrogens is 6. The Morgan fingerprint density at radius 3 is 2.95 bits per heavy atom. The number of imidazole rings is 1. The summed E-state index contributed by atoms with van der Waals surface area (Å²) in [5.74, 6) is 0.611. The summed E-state index contributed by atoms with van der Waals surface area (Å²) in [6.07, 6.45) is 9.80. The Labute approximate surface area is 126 Å². The van der Waals surface area contributed by atoms with Gasteiger partial charge in [0.15, 0.2) is 0 Å². The fourth-order valence-electron chi connectivity index (χ4n) is 2.05. The van der Waals surface area contributed by atoms with Gasteiger partial charge < -0.3 is 5.32 Å². The van der Waals surface area contributed by atoms with Crippen LogP contribution in [-0.4, -0.2) is 35.2 Å². The van der Waals surface area contributed by atoms with Gasteiger partial charge in [-0.05, 0) is 13.0 Å². The molecule has 0 fully saturated rings. The first kappa shape index (κ1) is 13.9. The highest BCUT2D eigenvalue weighted by Gasteiger charge is 2.15. The van der Waals surface area contributed by atoms with Crippen molar-refractivity contribution < 1.29 is 4.79 Å². The Morgan fingerprint density at radius 2 is 2.23 bits per heavy atom. The van der Waals surface area contributed by atoms with Crippen LogP contribution < -0.4 is 5.32 Å². The maximum absolute atomic E-state index is 12.2. The van der Waals surface area contributed by atoms with Crippen LogP contribution in [0.2, 0.25) is 0 Å². The van der Waals surface area contributed by atoms with Crippen molar-refractivity contribution in [2.75, 3.05) is 0 Å². The molecule has 22 heavy (non-hydrogen) atoms. The molecule has 0 radical (unpaired) electrons. The van der Waals surface area contributed by atoms with E-state index >= 15 is 0 Å². The fraction of sp³-hybridized carbons (Fsp3) is 0.214. The molecule has 0 aliphatic carbocycles. The van der Waals surface area contributed by atoms with Gasteiger partial charge in [-0.15, -0.1) is 0 Å². The maximum atomic E-state index is 12.2. The van der Waals surface area contributed by atoms with E-state index in [0.29, 0.717) is 6.54 Å². The quantitative estimate of drug-likeness (QED) is 0.750. The molecule has 0 aliphatic heterocycles. The molecular weight excluding hydrogens is 282 g/mol. The lowest BCUT2D eigenvalue weighted by Gasteiger charge is -2.13. The number of hydrogen-bond donors (Lipinski definition) is 1. The van der Waals surface area contributed by atoms with Crippen molar-refractivity contribution >= 4 is 5.91 Å². The van der Waals surface area contributed by atoms with Crippen molar-refractivity contribution in [1.29, 1.82) is 0 Å². The van der Waals surface area contributed by atoms with Crippen LogP contribution >= 0.6 is 0 Å². The van der Waals surface area contributed by atoms with E-state index in [9.17, 15) is 4.79 Å². The minimum Gasteiger partial charge on any atom is -0.350 e. The van der Waals surface area contributed by atoms with E-state index in [1.807, 2.05) is 22.9 Å². The number of rotatable bonds is 5. The number of nitrogens with one attached hydrogen (secondary N) is 1. The normalized spacial score (nSPS) is 12.0. The number of carbonyl (C=O) groups excluding carboxylic acids is 1. The number of hydrogen-bond acceptors (Lipinski definition) is 5. The highest BCUT2D eigenvalue weighted by molar-refractivity contribution is 5.79. The molecule has 0 saturated carbocycles. The van der Waals surface area contributed by atoms with Crippen LogP contribution in [0.15, 0.2) is 49.7 Å². The molecule has 3 aromatic heterocycles. The lowest BCUT2D eigenvalue weighted by Crippen LogP contribution is -2.31. The Hall–Kier alpha value is -3.03. The van der Waals surface area contributed by atoms with E-state index in [-0.39, 0.29) is 5.91 Å². The summed E-state index contributed by atoms with van der Waals surface area (Å²) < 4.78 is 3.32. The first-order chi connectivity index (χ1) is 10.8. The molecule has 112 valence electrons. The SMILES string of the molecule is C[C@@H](C(=O)NCc1cccnc1-n1ccnc1)n1cncn1. The standard InChI is InChI=1S/C14H15N7O/c1-11(21-10-16-8-19-21)14(22)18-7-12-3-2-4-17-13(12)20-6-5-15-9-20/h2-6,8-11H,7H2,1H3,(H,18,22)/t11-/m0/s1. The van der Waals surface area contributed by atoms with Gasteiger partial charge in [0.05, 0.1) is 0 Å². The largest absolute Gasteiger partial charge is 0.350 e. The summed E-state index contributed by atoms with van der Waals surface area (Å²) in [5, 5.41) is 6.86. The summed E-state index contributed by atoms with van der Waals surface area (Å²) in [7, 11) is 0. The summed E-state index contributed by atoms with van der Waals surface area (Å²) in [4.78, 5) is 24.4. The van der Waals surface area contributed by atoms with Crippen LogP contribution in [0.25, 0.3) is 5.82 Å². The highest BCUT2D eigenvalue weighted by Crippen LogP contribution is 2.11. The lowest BCUT2D eigenvalue weighted by molar-refractivity contribution is -0.124. The molecule has 3 heterocycles. The van der Waals surface area contributed by atoms with Crippen molar-refractivity contribution in [2.45, 2.75) is 19.5 Å². The number of carbonyl (C=O) groups is 1. The van der Waals surface area contributed by atoms with Gasteiger partial charge in [-0.1, -0.05) is 6.07 Å². The van der Waals surface area contributed by atoms with Gasteiger partial charge in [-0.2, -0.15) is 5.10 Å². The van der Waals surface area contributed by atoms with Crippen molar-refractivity contribution in [3.63, 3.8) is 0 Å². The van der Waals surface area contributed by atoms with Crippen molar-refractivity contribution in [3.05, 3.63) is 55.3 Å². The van der Waals surface area contributed by atoms with Crippen LogP contribution in [0.1, 0.15) is 18.5 Å². The zero-order valence-electron chi connectivity index (χ0n) is 12.0. The van der Waals surface area contributed by atoms with Gasteiger partial charge in [0, 0.05) is 30.7 Å². The molecule has 0 bridgehead atoms. The molecule has 1 atom stereocenters. The molecule has 0 aromatic carbocycles. The van der Waals surface area contributed by atoms with Gasteiger partial charge in [0.2, 0.25) is 5.91 Å². The Morgan fingerprint density at radius 1 is 1.32 bits per heavy atom. The molecule has 1 amide bonds. The average molecular weight is 297 g/mol. The number of amides is 1. The van der Waals surface area contributed by atoms with Gasteiger partial charge in [0.1, 0.15) is 30.8 Å². The molecule has 8 nitrogen and oxygen atoms in total. The molecule has 0 spiro atoms. The van der Waals surface area contributed by atoms with Crippen molar-refractivity contribution in [3.8, 4) is 5.82 Å². The third-order valence-electron chi connectivity index (χ3n) is 3.28. The van der Waals surface area contributed by atoms with Crippen LogP contribution in [0.5, 0.6) is 0 Å². The molecule has 0 aliphatic rings. The van der Waals surface area contributed by atoms with Gasteiger partial charge in [0.25, 0.3) is 0 Å². The number of nitrogens with zero attached hydrogens (tertiary/aromatic N) is 6. The van der Waals surface area contributed by atoms with Gasteiger partial charge in [-0.25, -0.2) is 19.6 Å². The fourth-order valence-corrected chi connectivity index (χ4v) is 2.05. The smallest absolute Gasteiger partial charge is 0.244 e.